The zero-order valence-electron chi connectivity index (χ0n) is 16.6. The van der Waals surface area contributed by atoms with E-state index in [1.54, 1.807) is 0 Å². The molecule has 3 aromatic carbocycles. The van der Waals surface area contributed by atoms with Gasteiger partial charge >= 0.3 is 0 Å². The fraction of sp³-hybridized carbons (Fsp3) is 0.240. The van der Waals surface area contributed by atoms with Crippen LogP contribution in [0.1, 0.15) is 22.7 Å². The van der Waals surface area contributed by atoms with E-state index in [0.717, 1.165) is 37.4 Å². The molecule has 0 spiro atoms. The number of nitrogen functional groups attached to an aromatic ring is 1. The average molecular weight is 386 g/mol. The van der Waals surface area contributed by atoms with Crippen LogP contribution in [0.5, 0.6) is 0 Å². The highest BCUT2D eigenvalue weighted by molar-refractivity contribution is 5.79. The van der Waals surface area contributed by atoms with Crippen molar-refractivity contribution in [1.29, 1.82) is 0 Å². The zero-order chi connectivity index (χ0) is 20.1. The number of anilines is 1. The van der Waals surface area contributed by atoms with Gasteiger partial charge in [-0.2, -0.15) is 0 Å². The Kier molecular flexibility index (Phi) is 5.92. The summed E-state index contributed by atoms with van der Waals surface area (Å²) >= 11 is 0. The number of rotatable bonds is 5. The van der Waals surface area contributed by atoms with Crippen molar-refractivity contribution in [3.05, 3.63) is 102 Å². The summed E-state index contributed by atoms with van der Waals surface area (Å²) in [7, 11) is 0. The van der Waals surface area contributed by atoms with Gasteiger partial charge in [-0.25, -0.2) is 0 Å². The summed E-state index contributed by atoms with van der Waals surface area (Å²) in [5.41, 5.74) is 10.1. The first-order valence-corrected chi connectivity index (χ1v) is 10.2. The lowest BCUT2D eigenvalue weighted by molar-refractivity contribution is -0.132. The number of hydrogen-bond acceptors (Lipinski definition) is 3. The van der Waals surface area contributed by atoms with Crippen LogP contribution in [-0.2, 0) is 11.2 Å². The fourth-order valence-corrected chi connectivity index (χ4v) is 4.04. The van der Waals surface area contributed by atoms with Crippen molar-refractivity contribution >= 4 is 11.6 Å². The molecule has 1 aliphatic heterocycles. The van der Waals surface area contributed by atoms with Gasteiger partial charge in [0, 0.05) is 31.9 Å². The van der Waals surface area contributed by atoms with E-state index in [-0.39, 0.29) is 11.9 Å². The van der Waals surface area contributed by atoms with Crippen LogP contribution in [0.2, 0.25) is 0 Å². The topological polar surface area (TPSA) is 49.6 Å². The highest BCUT2D eigenvalue weighted by atomic mass is 16.2. The summed E-state index contributed by atoms with van der Waals surface area (Å²) < 4.78 is 0. The van der Waals surface area contributed by atoms with E-state index in [9.17, 15) is 4.79 Å². The Morgan fingerprint density at radius 2 is 1.28 bits per heavy atom. The van der Waals surface area contributed by atoms with Gasteiger partial charge in [-0.1, -0.05) is 72.8 Å². The molecule has 0 aliphatic carbocycles. The van der Waals surface area contributed by atoms with Gasteiger partial charge in [0.2, 0.25) is 5.91 Å². The largest absolute Gasteiger partial charge is 0.399 e. The molecule has 1 saturated heterocycles. The third-order valence-corrected chi connectivity index (χ3v) is 5.60. The van der Waals surface area contributed by atoms with E-state index in [1.807, 2.05) is 29.2 Å². The van der Waals surface area contributed by atoms with Crippen molar-refractivity contribution in [3.8, 4) is 0 Å². The maximum absolute atomic E-state index is 12.7. The minimum absolute atomic E-state index is 0.186. The molecule has 0 atom stereocenters. The van der Waals surface area contributed by atoms with Crippen molar-refractivity contribution in [1.82, 2.24) is 9.80 Å². The lowest BCUT2D eigenvalue weighted by Gasteiger charge is -2.40. The summed E-state index contributed by atoms with van der Waals surface area (Å²) in [5, 5.41) is 0. The van der Waals surface area contributed by atoms with Crippen molar-refractivity contribution in [2.45, 2.75) is 12.5 Å². The van der Waals surface area contributed by atoms with Crippen LogP contribution in [0.15, 0.2) is 84.9 Å². The van der Waals surface area contributed by atoms with E-state index in [0.29, 0.717) is 6.42 Å². The summed E-state index contributed by atoms with van der Waals surface area (Å²) in [4.78, 5) is 17.2. The monoisotopic (exact) mass is 385 g/mol. The second-order valence-electron chi connectivity index (χ2n) is 7.56. The molecule has 0 bridgehead atoms. The molecule has 1 amide bonds. The Hall–Kier alpha value is -3.11. The summed E-state index contributed by atoms with van der Waals surface area (Å²) in [5.74, 6) is 0.186. The third-order valence-electron chi connectivity index (χ3n) is 5.60. The maximum atomic E-state index is 12.7. The number of piperazine rings is 1. The zero-order valence-corrected chi connectivity index (χ0v) is 16.6. The molecule has 29 heavy (non-hydrogen) atoms. The first-order chi connectivity index (χ1) is 14.2. The summed E-state index contributed by atoms with van der Waals surface area (Å²) in [6.07, 6.45) is 0.432. The smallest absolute Gasteiger partial charge is 0.227 e. The number of benzene rings is 3. The molecule has 1 fully saturated rings. The Bertz CT molecular complexity index is 878. The highest BCUT2D eigenvalue weighted by Crippen LogP contribution is 2.29. The first-order valence-electron chi connectivity index (χ1n) is 10.2. The number of nitrogens with zero attached hydrogens (tertiary/aromatic N) is 2. The van der Waals surface area contributed by atoms with Crippen molar-refractivity contribution in [3.63, 3.8) is 0 Å². The van der Waals surface area contributed by atoms with Gasteiger partial charge in [-0.15, -0.1) is 0 Å². The Morgan fingerprint density at radius 1 is 0.759 bits per heavy atom. The van der Waals surface area contributed by atoms with Crippen molar-refractivity contribution < 1.29 is 4.79 Å². The quantitative estimate of drug-likeness (QED) is 0.681. The van der Waals surface area contributed by atoms with Crippen LogP contribution in [0.3, 0.4) is 0 Å². The van der Waals surface area contributed by atoms with E-state index in [4.69, 9.17) is 5.73 Å². The molecule has 1 aliphatic rings. The van der Waals surface area contributed by atoms with Gasteiger partial charge in [-0.05, 0) is 28.8 Å². The summed E-state index contributed by atoms with van der Waals surface area (Å²) in [6.45, 7) is 3.23. The van der Waals surface area contributed by atoms with Gasteiger partial charge in [0.15, 0.2) is 0 Å². The fourth-order valence-electron chi connectivity index (χ4n) is 4.04. The average Bonchev–Trinajstić information content (AvgIpc) is 2.77. The number of carbonyl (C=O) groups is 1. The van der Waals surface area contributed by atoms with Crippen LogP contribution in [0, 0.1) is 0 Å². The van der Waals surface area contributed by atoms with Crippen LogP contribution < -0.4 is 5.73 Å². The van der Waals surface area contributed by atoms with Gasteiger partial charge < -0.3 is 10.6 Å². The number of nitrogens with two attached hydrogens (primary N) is 1. The number of hydrogen-bond donors (Lipinski definition) is 1. The molecule has 3 aromatic rings. The predicted molar refractivity (Wildman–Crippen MR) is 117 cm³/mol. The minimum Gasteiger partial charge on any atom is -0.399 e. The van der Waals surface area contributed by atoms with Gasteiger partial charge in [-0.3, -0.25) is 9.69 Å². The van der Waals surface area contributed by atoms with E-state index < -0.39 is 0 Å². The maximum Gasteiger partial charge on any atom is 0.227 e. The van der Waals surface area contributed by atoms with Gasteiger partial charge in [0.05, 0.1) is 12.5 Å². The molecule has 2 N–H and O–H groups in total. The molecular formula is C25H27N3O. The molecular weight excluding hydrogens is 358 g/mol. The Morgan fingerprint density at radius 3 is 1.79 bits per heavy atom. The molecule has 0 aromatic heterocycles. The predicted octanol–water partition coefficient (Wildman–Crippen LogP) is 3.75. The lowest BCUT2D eigenvalue weighted by atomic mass is 9.96. The van der Waals surface area contributed by atoms with E-state index in [2.05, 4.69) is 65.6 Å². The van der Waals surface area contributed by atoms with Gasteiger partial charge in [0.1, 0.15) is 0 Å². The Labute approximate surface area is 172 Å². The number of amides is 1. The minimum atomic E-state index is 0.186. The SMILES string of the molecule is Nc1ccc(CC(=O)N2CCN(C(c3ccccc3)c3ccccc3)CC2)cc1. The highest BCUT2D eigenvalue weighted by Gasteiger charge is 2.28. The van der Waals surface area contributed by atoms with Gasteiger partial charge in [0.25, 0.3) is 0 Å². The molecule has 4 rings (SSSR count). The third kappa shape index (κ3) is 4.66. The van der Waals surface area contributed by atoms with Crippen molar-refractivity contribution in [2.24, 2.45) is 0 Å². The molecule has 1 heterocycles. The molecule has 0 radical (unpaired) electrons. The molecule has 0 unspecified atom stereocenters. The van der Waals surface area contributed by atoms with Crippen LogP contribution in [-0.4, -0.2) is 41.9 Å². The standard InChI is InChI=1S/C25H27N3O/c26-23-13-11-20(12-14-23)19-24(29)27-15-17-28(18-16-27)25(21-7-3-1-4-8-21)22-9-5-2-6-10-22/h1-14,25H,15-19,26H2. The van der Waals surface area contributed by atoms with Crippen LogP contribution >= 0.6 is 0 Å². The molecule has 4 heteroatoms. The second-order valence-corrected chi connectivity index (χ2v) is 7.56. The molecule has 4 nitrogen and oxygen atoms in total. The molecule has 148 valence electrons. The Balaban J connectivity index is 1.44. The normalized spacial score (nSPS) is 14.9. The number of carbonyl (C=O) groups excluding carboxylic acids is 1. The van der Waals surface area contributed by atoms with Crippen LogP contribution in [0.25, 0.3) is 0 Å². The first kappa shape index (κ1) is 19.2. The van der Waals surface area contributed by atoms with Crippen LogP contribution in [0.4, 0.5) is 5.69 Å². The van der Waals surface area contributed by atoms with E-state index in [1.165, 1.54) is 11.1 Å². The molecule has 0 saturated carbocycles. The lowest BCUT2D eigenvalue weighted by Crippen LogP contribution is -2.50. The second kappa shape index (κ2) is 8.93. The van der Waals surface area contributed by atoms with Crippen molar-refractivity contribution in [2.75, 3.05) is 31.9 Å². The van der Waals surface area contributed by atoms with E-state index >= 15 is 0 Å². The summed E-state index contributed by atoms with van der Waals surface area (Å²) in [6, 6.07) is 29.0.